The molecule has 0 saturated heterocycles. The molecule has 0 aliphatic heterocycles. The number of aliphatic hydroxyl groups is 1. The van der Waals surface area contributed by atoms with Crippen molar-refractivity contribution in [2.45, 2.75) is 31.8 Å². The van der Waals surface area contributed by atoms with Gasteiger partial charge in [0.2, 0.25) is 11.7 Å². The van der Waals surface area contributed by atoms with Crippen molar-refractivity contribution in [2.24, 2.45) is 0 Å². The van der Waals surface area contributed by atoms with Crippen molar-refractivity contribution < 1.29 is 19.3 Å². The highest BCUT2D eigenvalue weighted by atomic mass is 16.6. The molecule has 1 aromatic carbocycles. The number of hydrogen-bond donors (Lipinski definition) is 1. The lowest BCUT2D eigenvalue weighted by Crippen LogP contribution is -2.30. The first kappa shape index (κ1) is 15.6. The third-order valence-electron chi connectivity index (χ3n) is 3.99. The SMILES string of the molecule is Cc1ccc(-c2noc(C3CC(OCCO)C3)n2)cc1[N+](=O)[O-]. The van der Waals surface area contributed by atoms with E-state index in [4.69, 9.17) is 14.4 Å². The molecule has 8 heteroatoms. The van der Waals surface area contributed by atoms with Crippen LogP contribution in [0.1, 0.15) is 30.2 Å². The van der Waals surface area contributed by atoms with Crippen molar-refractivity contribution >= 4 is 5.69 Å². The Morgan fingerprint density at radius 2 is 2.26 bits per heavy atom. The van der Waals surface area contributed by atoms with E-state index in [1.54, 1.807) is 19.1 Å². The predicted molar refractivity (Wildman–Crippen MR) is 79.9 cm³/mol. The van der Waals surface area contributed by atoms with Gasteiger partial charge in [-0.2, -0.15) is 4.98 Å². The van der Waals surface area contributed by atoms with Crippen molar-refractivity contribution in [3.05, 3.63) is 39.8 Å². The molecule has 1 N–H and O–H groups in total. The second kappa shape index (κ2) is 6.43. The Morgan fingerprint density at radius 3 is 2.96 bits per heavy atom. The summed E-state index contributed by atoms with van der Waals surface area (Å²) < 4.78 is 10.7. The minimum Gasteiger partial charge on any atom is -0.394 e. The molecule has 0 radical (unpaired) electrons. The first-order chi connectivity index (χ1) is 11.1. The molecule has 0 spiro atoms. The maximum atomic E-state index is 11.0. The van der Waals surface area contributed by atoms with E-state index in [9.17, 15) is 10.1 Å². The van der Waals surface area contributed by atoms with Crippen LogP contribution in [0.5, 0.6) is 0 Å². The van der Waals surface area contributed by atoms with Gasteiger partial charge in [0.25, 0.3) is 5.69 Å². The Hall–Kier alpha value is -2.32. The number of rotatable bonds is 6. The first-order valence-corrected chi connectivity index (χ1v) is 7.40. The lowest BCUT2D eigenvalue weighted by molar-refractivity contribution is -0.385. The van der Waals surface area contributed by atoms with Gasteiger partial charge in [-0.3, -0.25) is 10.1 Å². The summed E-state index contributed by atoms with van der Waals surface area (Å²) >= 11 is 0. The Morgan fingerprint density at radius 1 is 1.48 bits per heavy atom. The van der Waals surface area contributed by atoms with Gasteiger partial charge in [0.1, 0.15) is 0 Å². The van der Waals surface area contributed by atoms with E-state index < -0.39 is 4.92 Å². The molecule has 1 aliphatic carbocycles. The summed E-state index contributed by atoms with van der Waals surface area (Å²) in [7, 11) is 0. The predicted octanol–water partition coefficient (Wildman–Crippen LogP) is 2.21. The lowest BCUT2D eigenvalue weighted by Gasteiger charge is -2.32. The molecule has 122 valence electrons. The average molecular weight is 319 g/mol. The molecule has 0 atom stereocenters. The van der Waals surface area contributed by atoms with Crippen LogP contribution in [0, 0.1) is 17.0 Å². The highest BCUT2D eigenvalue weighted by Gasteiger charge is 2.35. The van der Waals surface area contributed by atoms with Gasteiger partial charge in [0, 0.05) is 23.1 Å². The zero-order chi connectivity index (χ0) is 16.4. The number of aliphatic hydroxyl groups excluding tert-OH is 1. The van der Waals surface area contributed by atoms with E-state index in [2.05, 4.69) is 10.1 Å². The third kappa shape index (κ3) is 3.22. The highest BCUT2D eigenvalue weighted by Crippen LogP contribution is 2.38. The van der Waals surface area contributed by atoms with Gasteiger partial charge >= 0.3 is 0 Å². The van der Waals surface area contributed by atoms with Gasteiger partial charge in [0.05, 0.1) is 24.2 Å². The zero-order valence-electron chi connectivity index (χ0n) is 12.6. The molecule has 1 saturated carbocycles. The lowest BCUT2D eigenvalue weighted by atomic mass is 9.82. The van der Waals surface area contributed by atoms with Crippen LogP contribution in [0.15, 0.2) is 22.7 Å². The topological polar surface area (TPSA) is 112 Å². The van der Waals surface area contributed by atoms with Crippen molar-refractivity contribution in [1.82, 2.24) is 10.1 Å². The van der Waals surface area contributed by atoms with E-state index in [1.165, 1.54) is 6.07 Å². The minimum absolute atomic E-state index is 0.0120. The molecular weight excluding hydrogens is 302 g/mol. The quantitative estimate of drug-likeness (QED) is 0.641. The molecule has 23 heavy (non-hydrogen) atoms. The Kier molecular flexibility index (Phi) is 4.35. The van der Waals surface area contributed by atoms with Crippen LogP contribution in [0.2, 0.25) is 0 Å². The molecule has 1 aliphatic rings. The van der Waals surface area contributed by atoms with Gasteiger partial charge in [-0.05, 0) is 19.8 Å². The van der Waals surface area contributed by atoms with Gasteiger partial charge < -0.3 is 14.4 Å². The largest absolute Gasteiger partial charge is 0.394 e. The molecule has 0 unspecified atom stereocenters. The van der Waals surface area contributed by atoms with Crippen LogP contribution in [-0.4, -0.2) is 39.5 Å². The average Bonchev–Trinajstić information content (AvgIpc) is 2.95. The van der Waals surface area contributed by atoms with E-state index >= 15 is 0 Å². The number of aromatic nitrogens is 2. The minimum atomic E-state index is -0.422. The van der Waals surface area contributed by atoms with Crippen molar-refractivity contribution in [3.63, 3.8) is 0 Å². The molecule has 1 heterocycles. The zero-order valence-corrected chi connectivity index (χ0v) is 12.6. The van der Waals surface area contributed by atoms with E-state index in [0.717, 1.165) is 12.8 Å². The van der Waals surface area contributed by atoms with E-state index in [-0.39, 0.29) is 24.3 Å². The third-order valence-corrected chi connectivity index (χ3v) is 3.99. The Bertz CT molecular complexity index is 709. The molecule has 0 bridgehead atoms. The number of nitro groups is 1. The maximum absolute atomic E-state index is 11.0. The van der Waals surface area contributed by atoms with Crippen LogP contribution in [-0.2, 0) is 4.74 Å². The maximum Gasteiger partial charge on any atom is 0.273 e. The van der Waals surface area contributed by atoms with Gasteiger partial charge in [-0.15, -0.1) is 0 Å². The van der Waals surface area contributed by atoms with Crippen molar-refractivity contribution in [2.75, 3.05) is 13.2 Å². The fourth-order valence-electron chi connectivity index (χ4n) is 2.59. The van der Waals surface area contributed by atoms with Crippen LogP contribution in [0.25, 0.3) is 11.4 Å². The summed E-state index contributed by atoms with van der Waals surface area (Å²) in [5.41, 5.74) is 1.19. The number of ether oxygens (including phenoxy) is 1. The summed E-state index contributed by atoms with van der Waals surface area (Å²) in [4.78, 5) is 14.9. The normalized spacial score (nSPS) is 20.3. The highest BCUT2D eigenvalue weighted by molar-refractivity contribution is 5.60. The molecule has 2 aromatic rings. The number of benzene rings is 1. The van der Waals surface area contributed by atoms with Crippen molar-refractivity contribution in [1.29, 1.82) is 0 Å². The van der Waals surface area contributed by atoms with Gasteiger partial charge in [-0.1, -0.05) is 17.3 Å². The Balaban J connectivity index is 1.71. The molecular formula is C15H17N3O5. The molecule has 1 aromatic heterocycles. The van der Waals surface area contributed by atoms with Crippen LogP contribution in [0.4, 0.5) is 5.69 Å². The van der Waals surface area contributed by atoms with E-state index in [0.29, 0.717) is 29.4 Å². The second-order valence-corrected chi connectivity index (χ2v) is 5.60. The number of aryl methyl sites for hydroxylation is 1. The smallest absolute Gasteiger partial charge is 0.273 e. The first-order valence-electron chi connectivity index (χ1n) is 7.40. The molecule has 3 rings (SSSR count). The van der Waals surface area contributed by atoms with Crippen molar-refractivity contribution in [3.8, 4) is 11.4 Å². The summed E-state index contributed by atoms with van der Waals surface area (Å²) in [5, 5.41) is 23.6. The molecule has 1 fully saturated rings. The molecule has 0 amide bonds. The van der Waals surface area contributed by atoms with E-state index in [1.807, 2.05) is 0 Å². The van der Waals surface area contributed by atoms with Crippen LogP contribution >= 0.6 is 0 Å². The van der Waals surface area contributed by atoms with Crippen LogP contribution < -0.4 is 0 Å². The monoisotopic (exact) mass is 319 g/mol. The molecule has 8 nitrogen and oxygen atoms in total. The summed E-state index contributed by atoms with van der Waals surface area (Å²) in [6.45, 7) is 2.03. The fraction of sp³-hybridized carbons (Fsp3) is 0.467. The fourth-order valence-corrected chi connectivity index (χ4v) is 2.59. The van der Waals surface area contributed by atoms with Gasteiger partial charge in [0.15, 0.2) is 0 Å². The summed E-state index contributed by atoms with van der Waals surface area (Å²) in [6.07, 6.45) is 1.66. The summed E-state index contributed by atoms with van der Waals surface area (Å²) in [6, 6.07) is 4.87. The number of hydrogen-bond acceptors (Lipinski definition) is 7. The Labute approximate surface area is 132 Å². The standard InChI is InChI=1S/C15H17N3O5/c1-9-2-3-10(8-13(9)18(20)21)14-16-15(23-17-14)11-6-12(7-11)22-5-4-19/h2-3,8,11-12,19H,4-7H2,1H3. The van der Waals surface area contributed by atoms with Crippen LogP contribution in [0.3, 0.4) is 0 Å². The number of nitrogens with zero attached hydrogens (tertiary/aromatic N) is 3. The van der Waals surface area contributed by atoms with Gasteiger partial charge in [-0.25, -0.2) is 0 Å². The summed E-state index contributed by atoms with van der Waals surface area (Å²) in [5.74, 6) is 1.01. The number of nitro benzene ring substituents is 1. The second-order valence-electron chi connectivity index (χ2n) is 5.60.